The minimum absolute atomic E-state index is 0.0553. The fourth-order valence-corrected chi connectivity index (χ4v) is 4.17. The minimum atomic E-state index is -0.960. The summed E-state index contributed by atoms with van der Waals surface area (Å²) in [6.45, 7) is 5.72. The molecule has 1 amide bonds. The summed E-state index contributed by atoms with van der Waals surface area (Å²) in [7, 11) is 5.81. The number of pyridine rings is 1. The molecule has 1 aromatic heterocycles. The normalized spacial score (nSPS) is 18.4. The Labute approximate surface area is 218 Å². The van der Waals surface area contributed by atoms with E-state index in [9.17, 15) is 19.8 Å². The van der Waals surface area contributed by atoms with E-state index in [1.54, 1.807) is 35.4 Å². The lowest BCUT2D eigenvalue weighted by Crippen LogP contribution is -2.49. The van der Waals surface area contributed by atoms with Gasteiger partial charge in [-0.2, -0.15) is 0 Å². The Morgan fingerprint density at radius 1 is 1.30 bits per heavy atom. The lowest BCUT2D eigenvalue weighted by Gasteiger charge is -2.37. The number of carboxylic acid groups (broad SMARTS) is 1. The third kappa shape index (κ3) is 7.52. The number of aromatic nitrogens is 1. The van der Waals surface area contributed by atoms with Crippen LogP contribution in [0.4, 0.5) is 0 Å². The average Bonchev–Trinajstić information content (AvgIpc) is 2.85. The van der Waals surface area contributed by atoms with E-state index < -0.39 is 5.97 Å². The summed E-state index contributed by atoms with van der Waals surface area (Å²) >= 11 is 0. The van der Waals surface area contributed by atoms with E-state index in [2.05, 4.69) is 21.7 Å². The molecule has 1 aliphatic heterocycles. The fraction of sp³-hybridized carbons (Fsp3) is 0.464. The second-order valence-corrected chi connectivity index (χ2v) is 9.94. The molecule has 9 heteroatoms. The average molecular weight is 509 g/mol. The number of carbonyl (C=O) groups excluding carboxylic acids is 1. The molecule has 0 saturated carbocycles. The van der Waals surface area contributed by atoms with Crippen molar-refractivity contribution in [1.82, 2.24) is 19.7 Å². The molecule has 2 N–H and O–H groups in total. The number of fused-ring (bicyclic) bond motifs is 1. The van der Waals surface area contributed by atoms with Crippen molar-refractivity contribution in [2.75, 3.05) is 47.4 Å². The number of hydrogen-bond donors (Lipinski definition) is 2. The van der Waals surface area contributed by atoms with Gasteiger partial charge >= 0.3 is 5.97 Å². The Kier molecular flexibility index (Phi) is 9.64. The number of likely N-dealkylation sites (N-methyl/N-ethyl adjacent to an activating group) is 1. The van der Waals surface area contributed by atoms with Crippen LogP contribution in [0, 0.1) is 17.8 Å². The zero-order valence-corrected chi connectivity index (χ0v) is 22.1. The molecule has 9 nitrogen and oxygen atoms in total. The molecule has 0 radical (unpaired) electrons. The Bertz CT molecular complexity index is 1170. The van der Waals surface area contributed by atoms with Crippen LogP contribution in [0.5, 0.6) is 5.88 Å². The molecule has 0 spiro atoms. The van der Waals surface area contributed by atoms with E-state index >= 15 is 0 Å². The lowest BCUT2D eigenvalue weighted by molar-refractivity contribution is 0.0324. The van der Waals surface area contributed by atoms with Gasteiger partial charge in [0.25, 0.3) is 5.91 Å². The summed E-state index contributed by atoms with van der Waals surface area (Å²) in [5.41, 5.74) is 2.07. The number of carboxylic acids is 1. The van der Waals surface area contributed by atoms with Gasteiger partial charge in [-0.25, -0.2) is 9.78 Å². The van der Waals surface area contributed by atoms with Gasteiger partial charge in [-0.15, -0.1) is 0 Å². The van der Waals surface area contributed by atoms with E-state index in [-0.39, 0.29) is 42.0 Å². The molecular weight excluding hydrogens is 472 g/mol. The highest BCUT2D eigenvalue weighted by atomic mass is 16.5. The number of nitrogens with zero attached hydrogens (tertiary/aromatic N) is 4. The fourth-order valence-electron chi connectivity index (χ4n) is 4.17. The quantitative estimate of drug-likeness (QED) is 0.522. The zero-order chi connectivity index (χ0) is 27.1. The van der Waals surface area contributed by atoms with Crippen molar-refractivity contribution in [1.29, 1.82) is 0 Å². The van der Waals surface area contributed by atoms with E-state index in [4.69, 9.17) is 4.74 Å². The van der Waals surface area contributed by atoms with Crippen molar-refractivity contribution >= 4 is 11.9 Å². The number of aromatic carboxylic acids is 1. The summed E-state index contributed by atoms with van der Waals surface area (Å²) in [4.78, 5) is 35.0. The Morgan fingerprint density at radius 3 is 2.73 bits per heavy atom. The van der Waals surface area contributed by atoms with Gasteiger partial charge < -0.3 is 19.8 Å². The molecule has 37 heavy (non-hydrogen) atoms. The van der Waals surface area contributed by atoms with Gasteiger partial charge in [0, 0.05) is 37.3 Å². The molecule has 3 atom stereocenters. The van der Waals surface area contributed by atoms with Gasteiger partial charge in [-0.05, 0) is 51.8 Å². The van der Waals surface area contributed by atoms with Crippen molar-refractivity contribution in [2.45, 2.75) is 32.5 Å². The van der Waals surface area contributed by atoms with Gasteiger partial charge in [-0.1, -0.05) is 30.9 Å². The van der Waals surface area contributed by atoms with Crippen molar-refractivity contribution in [3.05, 3.63) is 58.8 Å². The second kappa shape index (κ2) is 12.7. The minimum Gasteiger partial charge on any atom is -0.478 e. The Hall–Kier alpha value is -3.45. The van der Waals surface area contributed by atoms with Crippen LogP contribution >= 0.6 is 0 Å². The molecule has 198 valence electrons. The summed E-state index contributed by atoms with van der Waals surface area (Å²) in [5.74, 6) is 5.10. The maximum atomic E-state index is 13.5. The van der Waals surface area contributed by atoms with Crippen LogP contribution in [0.25, 0.3) is 0 Å². The van der Waals surface area contributed by atoms with Gasteiger partial charge in [-0.3, -0.25) is 14.6 Å². The van der Waals surface area contributed by atoms with Crippen molar-refractivity contribution in [3.8, 4) is 17.7 Å². The molecule has 2 aromatic rings. The predicted octanol–water partition coefficient (Wildman–Crippen LogP) is 2.04. The standard InChI is InChI=1S/C28H36N4O5/c1-19-15-32(20(2)18-33)27(34)24-13-21(9-7-11-30(3)4)14-29-26(24)37-25(19)17-31(5)16-22-8-6-10-23(12-22)28(35)36/h6,8,10,12-14,19-20,25,33H,11,15-18H2,1-5H3,(H,35,36)/t19-,20-,25-/m0/s1. The van der Waals surface area contributed by atoms with Crippen LogP contribution in [0.15, 0.2) is 36.5 Å². The van der Waals surface area contributed by atoms with Gasteiger partial charge in [0.15, 0.2) is 0 Å². The molecule has 0 bridgehead atoms. The third-order valence-corrected chi connectivity index (χ3v) is 6.27. The SMILES string of the molecule is C[C@H]1CN([C@@H](C)CO)C(=O)c2cc(C#CCN(C)C)cnc2O[C@H]1CN(C)Cc1cccc(C(=O)O)c1. The molecule has 0 aliphatic carbocycles. The third-order valence-electron chi connectivity index (χ3n) is 6.27. The molecule has 0 fully saturated rings. The smallest absolute Gasteiger partial charge is 0.335 e. The lowest BCUT2D eigenvalue weighted by atomic mass is 9.99. The Morgan fingerprint density at radius 2 is 2.05 bits per heavy atom. The molecule has 3 rings (SSSR count). The Balaban J connectivity index is 1.88. The number of rotatable bonds is 8. The van der Waals surface area contributed by atoms with E-state index in [0.717, 1.165) is 5.56 Å². The molecule has 1 aromatic carbocycles. The molecule has 1 aliphatic rings. The van der Waals surface area contributed by atoms with Crippen molar-refractivity contribution in [2.24, 2.45) is 5.92 Å². The molecule has 0 saturated heterocycles. The molecule has 2 heterocycles. The number of hydrogen-bond acceptors (Lipinski definition) is 7. The van der Waals surface area contributed by atoms with Crippen LogP contribution in [-0.4, -0.2) is 101 Å². The first-order valence-electron chi connectivity index (χ1n) is 12.3. The maximum absolute atomic E-state index is 13.5. The zero-order valence-electron chi connectivity index (χ0n) is 22.1. The van der Waals surface area contributed by atoms with Crippen molar-refractivity contribution < 1.29 is 24.5 Å². The number of benzene rings is 1. The first-order chi connectivity index (χ1) is 17.6. The van der Waals surface area contributed by atoms with E-state index in [1.807, 2.05) is 46.0 Å². The predicted molar refractivity (Wildman–Crippen MR) is 141 cm³/mol. The summed E-state index contributed by atoms with van der Waals surface area (Å²) in [6, 6.07) is 8.20. The van der Waals surface area contributed by atoms with Crippen molar-refractivity contribution in [3.63, 3.8) is 0 Å². The summed E-state index contributed by atoms with van der Waals surface area (Å²) in [5, 5.41) is 19.1. The first kappa shape index (κ1) is 28.1. The van der Waals surface area contributed by atoms with Crippen LogP contribution in [0.2, 0.25) is 0 Å². The van der Waals surface area contributed by atoms with Crippen LogP contribution in [0.3, 0.4) is 0 Å². The second-order valence-electron chi connectivity index (χ2n) is 9.94. The highest BCUT2D eigenvalue weighted by Crippen LogP contribution is 2.27. The van der Waals surface area contributed by atoms with Gasteiger partial charge in [0.1, 0.15) is 11.7 Å². The molecular formula is C28H36N4O5. The molecule has 0 unspecified atom stereocenters. The number of amides is 1. The topological polar surface area (TPSA) is 106 Å². The largest absolute Gasteiger partial charge is 0.478 e. The van der Waals surface area contributed by atoms with E-state index in [1.165, 1.54) is 0 Å². The van der Waals surface area contributed by atoms with Crippen LogP contribution < -0.4 is 4.74 Å². The number of aliphatic hydroxyl groups is 1. The highest BCUT2D eigenvalue weighted by Gasteiger charge is 2.34. The van der Waals surface area contributed by atoms with Crippen LogP contribution in [-0.2, 0) is 6.54 Å². The summed E-state index contributed by atoms with van der Waals surface area (Å²) < 4.78 is 6.34. The van der Waals surface area contributed by atoms with Crippen LogP contribution in [0.1, 0.15) is 45.7 Å². The number of carbonyl (C=O) groups is 2. The summed E-state index contributed by atoms with van der Waals surface area (Å²) in [6.07, 6.45) is 1.31. The van der Waals surface area contributed by atoms with Gasteiger partial charge in [0.2, 0.25) is 5.88 Å². The monoisotopic (exact) mass is 508 g/mol. The maximum Gasteiger partial charge on any atom is 0.335 e. The van der Waals surface area contributed by atoms with Gasteiger partial charge in [0.05, 0.1) is 24.8 Å². The number of ether oxygens (including phenoxy) is 1. The highest BCUT2D eigenvalue weighted by molar-refractivity contribution is 5.97. The van der Waals surface area contributed by atoms with E-state index in [0.29, 0.717) is 37.3 Å². The number of aliphatic hydroxyl groups excluding tert-OH is 1. The first-order valence-corrected chi connectivity index (χ1v) is 12.3.